The number of rotatable bonds is 4. The molecule has 0 bridgehead atoms. The number of Topliss-reactive ketones (excluding diaryl/α,β-unsaturated/α-hetero) is 1. The van der Waals surface area contributed by atoms with E-state index in [2.05, 4.69) is 4.74 Å². The Hall–Kier alpha value is -1.15. The quantitative estimate of drug-likeness (QED) is 0.611. The molecule has 0 aromatic carbocycles. The molecule has 0 aliphatic carbocycles. The third-order valence-corrected chi connectivity index (χ3v) is 2.94. The first-order chi connectivity index (χ1) is 8.74. The van der Waals surface area contributed by atoms with E-state index in [9.17, 15) is 22.8 Å². The molecule has 1 fully saturated rings. The Kier molecular flexibility index (Phi) is 4.92. The van der Waals surface area contributed by atoms with Crippen LogP contribution >= 0.6 is 0 Å². The summed E-state index contributed by atoms with van der Waals surface area (Å²) in [6.45, 7) is 0.940. The number of alkyl halides is 3. The van der Waals surface area contributed by atoms with Crippen LogP contribution in [0.15, 0.2) is 0 Å². The van der Waals surface area contributed by atoms with E-state index in [4.69, 9.17) is 9.84 Å². The number of hydrogen-bond donors (Lipinski definition) is 1. The molecule has 19 heavy (non-hydrogen) atoms. The van der Waals surface area contributed by atoms with E-state index in [0.717, 1.165) is 0 Å². The maximum atomic E-state index is 12.4. The Morgan fingerprint density at radius 3 is 2.68 bits per heavy atom. The van der Waals surface area contributed by atoms with Crippen LogP contribution in [0.2, 0.25) is 0 Å². The summed E-state index contributed by atoms with van der Waals surface area (Å²) in [4.78, 5) is 23.6. The number of ketones is 1. The van der Waals surface area contributed by atoms with Gasteiger partial charge in [-0.1, -0.05) is 0 Å². The average Bonchev–Trinajstić information content (AvgIpc) is 2.31. The predicted octanol–water partition coefficient (Wildman–Crippen LogP) is 0.839. The summed E-state index contributed by atoms with van der Waals surface area (Å²) in [5, 5.41) is 9.10. The third kappa shape index (κ3) is 3.44. The smallest absolute Gasteiger partial charge is 0.414 e. The monoisotopic (exact) mass is 284 g/mol. The molecule has 5 nitrogen and oxygen atoms in total. The molecule has 1 saturated heterocycles. The van der Waals surface area contributed by atoms with Crippen molar-refractivity contribution in [3.63, 3.8) is 0 Å². The number of aliphatic hydroxyl groups is 1. The zero-order valence-electron chi connectivity index (χ0n) is 10.3. The topological polar surface area (TPSA) is 72.8 Å². The summed E-state index contributed by atoms with van der Waals surface area (Å²) in [6.07, 6.45) is -8.93. The fourth-order valence-electron chi connectivity index (χ4n) is 1.87. The fourth-order valence-corrected chi connectivity index (χ4v) is 1.87. The number of ether oxygens (including phenoxy) is 2. The lowest BCUT2D eigenvalue weighted by atomic mass is 9.76. The molecule has 1 heterocycles. The SMILES string of the molecule is CCOC(=O)C1(CC(O)C(F)(F)F)COCCC1=O. The van der Waals surface area contributed by atoms with Crippen molar-refractivity contribution in [1.82, 2.24) is 0 Å². The van der Waals surface area contributed by atoms with Crippen molar-refractivity contribution >= 4 is 11.8 Å². The van der Waals surface area contributed by atoms with Crippen molar-refractivity contribution in [3.05, 3.63) is 0 Å². The molecule has 0 spiro atoms. The van der Waals surface area contributed by atoms with Gasteiger partial charge in [-0.2, -0.15) is 13.2 Å². The van der Waals surface area contributed by atoms with Crippen LogP contribution in [0.1, 0.15) is 19.8 Å². The van der Waals surface area contributed by atoms with Crippen molar-refractivity contribution < 1.29 is 37.3 Å². The summed E-state index contributed by atoms with van der Waals surface area (Å²) < 4.78 is 46.8. The van der Waals surface area contributed by atoms with Crippen LogP contribution in [0.5, 0.6) is 0 Å². The molecule has 1 rings (SSSR count). The van der Waals surface area contributed by atoms with Crippen molar-refractivity contribution in [3.8, 4) is 0 Å². The van der Waals surface area contributed by atoms with Gasteiger partial charge >= 0.3 is 12.1 Å². The minimum absolute atomic E-state index is 0.0438. The van der Waals surface area contributed by atoms with Gasteiger partial charge in [0.25, 0.3) is 0 Å². The van der Waals surface area contributed by atoms with E-state index >= 15 is 0 Å². The van der Waals surface area contributed by atoms with Crippen LogP contribution in [0.3, 0.4) is 0 Å². The number of carbonyl (C=O) groups is 2. The number of carbonyl (C=O) groups excluding carboxylic acids is 2. The van der Waals surface area contributed by atoms with Gasteiger partial charge in [-0.05, 0) is 6.92 Å². The van der Waals surface area contributed by atoms with Crippen molar-refractivity contribution in [2.45, 2.75) is 32.0 Å². The zero-order valence-corrected chi connectivity index (χ0v) is 10.3. The Bertz CT molecular complexity index is 355. The van der Waals surface area contributed by atoms with Crippen molar-refractivity contribution in [1.29, 1.82) is 0 Å². The first-order valence-corrected chi connectivity index (χ1v) is 5.77. The number of halogens is 3. The molecule has 8 heteroatoms. The van der Waals surface area contributed by atoms with E-state index in [-0.39, 0.29) is 19.6 Å². The fraction of sp³-hybridized carbons (Fsp3) is 0.818. The second-order valence-electron chi connectivity index (χ2n) is 4.29. The number of aliphatic hydroxyl groups excluding tert-OH is 1. The lowest BCUT2D eigenvalue weighted by Gasteiger charge is -2.34. The Morgan fingerprint density at radius 2 is 2.21 bits per heavy atom. The highest BCUT2D eigenvalue weighted by Gasteiger charge is 2.54. The Morgan fingerprint density at radius 1 is 1.58 bits per heavy atom. The third-order valence-electron chi connectivity index (χ3n) is 2.94. The van der Waals surface area contributed by atoms with Crippen LogP contribution < -0.4 is 0 Å². The normalized spacial score (nSPS) is 26.1. The second kappa shape index (κ2) is 5.87. The minimum Gasteiger partial charge on any atom is -0.465 e. The molecule has 0 amide bonds. The lowest BCUT2D eigenvalue weighted by molar-refractivity contribution is -0.218. The van der Waals surface area contributed by atoms with Gasteiger partial charge in [0.05, 0.1) is 19.8 Å². The summed E-state index contributed by atoms with van der Waals surface area (Å²) in [6, 6.07) is 0. The molecule has 2 unspecified atom stereocenters. The molecule has 1 aliphatic rings. The average molecular weight is 284 g/mol. The van der Waals surface area contributed by atoms with Gasteiger partial charge in [-0.25, -0.2) is 0 Å². The highest BCUT2D eigenvalue weighted by Crippen LogP contribution is 2.36. The lowest BCUT2D eigenvalue weighted by Crippen LogP contribution is -2.51. The summed E-state index contributed by atoms with van der Waals surface area (Å²) in [5.41, 5.74) is -2.07. The number of hydrogen-bond acceptors (Lipinski definition) is 5. The van der Waals surface area contributed by atoms with E-state index in [1.807, 2.05) is 0 Å². The molecule has 0 aromatic rings. The summed E-state index contributed by atoms with van der Waals surface area (Å²) in [5.74, 6) is -1.77. The van der Waals surface area contributed by atoms with Crippen molar-refractivity contribution in [2.75, 3.05) is 19.8 Å². The molecular formula is C11H15F3O5. The van der Waals surface area contributed by atoms with E-state index in [1.54, 1.807) is 0 Å². The Balaban J connectivity index is 2.98. The van der Waals surface area contributed by atoms with E-state index in [0.29, 0.717) is 0 Å². The second-order valence-corrected chi connectivity index (χ2v) is 4.29. The first-order valence-electron chi connectivity index (χ1n) is 5.77. The first kappa shape index (κ1) is 15.9. The highest BCUT2D eigenvalue weighted by molar-refractivity contribution is 6.04. The number of esters is 1. The predicted molar refractivity (Wildman–Crippen MR) is 56.2 cm³/mol. The largest absolute Gasteiger partial charge is 0.465 e. The zero-order chi connectivity index (χ0) is 14.7. The van der Waals surface area contributed by atoms with Crippen LogP contribution in [-0.4, -0.2) is 49.0 Å². The maximum absolute atomic E-state index is 12.4. The van der Waals surface area contributed by atoms with Crippen LogP contribution in [0, 0.1) is 5.41 Å². The van der Waals surface area contributed by atoms with E-state index in [1.165, 1.54) is 6.92 Å². The summed E-state index contributed by atoms with van der Waals surface area (Å²) in [7, 11) is 0. The van der Waals surface area contributed by atoms with Crippen molar-refractivity contribution in [2.24, 2.45) is 5.41 Å². The van der Waals surface area contributed by atoms with Crippen LogP contribution in [0.4, 0.5) is 13.2 Å². The molecule has 2 atom stereocenters. The van der Waals surface area contributed by atoms with Gasteiger partial charge in [0, 0.05) is 12.8 Å². The van der Waals surface area contributed by atoms with Gasteiger partial charge < -0.3 is 14.6 Å². The molecule has 0 saturated carbocycles. The molecule has 0 aromatic heterocycles. The minimum atomic E-state index is -4.91. The Labute approximate surface area is 107 Å². The van der Waals surface area contributed by atoms with Crippen LogP contribution in [0.25, 0.3) is 0 Å². The van der Waals surface area contributed by atoms with Gasteiger partial charge in [-0.15, -0.1) is 0 Å². The van der Waals surface area contributed by atoms with Crippen LogP contribution in [-0.2, 0) is 19.1 Å². The van der Waals surface area contributed by atoms with Gasteiger partial charge in [0.15, 0.2) is 17.3 Å². The molecule has 0 radical (unpaired) electrons. The molecular weight excluding hydrogens is 269 g/mol. The highest BCUT2D eigenvalue weighted by atomic mass is 19.4. The maximum Gasteiger partial charge on any atom is 0.414 e. The standard InChI is InChI=1S/C11H15F3O5/c1-2-19-9(17)10(5-8(16)11(12,13)14)6-18-4-3-7(10)15/h8,16H,2-6H2,1H3. The van der Waals surface area contributed by atoms with Gasteiger partial charge in [-0.3, -0.25) is 9.59 Å². The summed E-state index contributed by atoms with van der Waals surface area (Å²) >= 11 is 0. The van der Waals surface area contributed by atoms with Gasteiger partial charge in [0.1, 0.15) is 0 Å². The molecule has 1 N–H and O–H groups in total. The van der Waals surface area contributed by atoms with E-state index < -0.39 is 42.5 Å². The van der Waals surface area contributed by atoms with Gasteiger partial charge in [0.2, 0.25) is 0 Å². The molecule has 1 aliphatic heterocycles. The molecule has 110 valence electrons.